The molecule has 1 aliphatic heterocycles. The number of benzene rings is 2. The minimum Gasteiger partial charge on any atom is -0.404 e. The maximum atomic E-state index is 12.8. The van der Waals surface area contributed by atoms with Crippen LogP contribution in [-0.4, -0.2) is 49.4 Å². The van der Waals surface area contributed by atoms with Gasteiger partial charge in [0, 0.05) is 37.3 Å². The molecule has 4 rings (SSSR count). The molecule has 208 valence electrons. The molecule has 0 saturated heterocycles. The largest absolute Gasteiger partial charge is 0.404 e. The van der Waals surface area contributed by atoms with Gasteiger partial charge in [0.1, 0.15) is 6.73 Å². The Kier molecular flexibility index (Phi) is 13.1. The van der Waals surface area contributed by atoms with Gasteiger partial charge in [0.25, 0.3) is 5.91 Å². The minimum absolute atomic E-state index is 0. The second-order valence-corrected chi connectivity index (χ2v) is 9.29. The monoisotopic (exact) mass is 528 g/mol. The molecule has 1 aliphatic carbocycles. The molecule has 1 heterocycles. The van der Waals surface area contributed by atoms with Crippen LogP contribution in [-0.2, 0) is 11.3 Å². The molecule has 0 aromatic heterocycles. The molecule has 0 spiro atoms. The fraction of sp³-hybridized carbons (Fsp3) is 0.333. The molecule has 3 N–H and O–H groups in total. The predicted octanol–water partition coefficient (Wildman–Crippen LogP) is 6.06. The van der Waals surface area contributed by atoms with Gasteiger partial charge < -0.3 is 20.7 Å². The van der Waals surface area contributed by atoms with Crippen molar-refractivity contribution < 1.29 is 9.53 Å². The molecule has 1 amide bonds. The Labute approximate surface area is 234 Å². The lowest BCUT2D eigenvalue weighted by Crippen LogP contribution is -2.37. The quantitative estimate of drug-likeness (QED) is 0.306. The Hall–Kier alpha value is -3.74. The van der Waals surface area contributed by atoms with Crippen LogP contribution in [0.15, 0.2) is 96.2 Å². The molecule has 0 bridgehead atoms. The van der Waals surface area contributed by atoms with Gasteiger partial charge in [-0.1, -0.05) is 56.0 Å². The van der Waals surface area contributed by atoms with Crippen LogP contribution in [0, 0.1) is 6.92 Å². The van der Waals surface area contributed by atoms with Crippen molar-refractivity contribution in [2.24, 2.45) is 10.7 Å². The molecule has 39 heavy (non-hydrogen) atoms. The van der Waals surface area contributed by atoms with E-state index in [4.69, 9.17) is 15.5 Å². The van der Waals surface area contributed by atoms with Gasteiger partial charge in [0.2, 0.25) is 0 Å². The van der Waals surface area contributed by atoms with Crippen molar-refractivity contribution in [2.45, 2.75) is 40.7 Å². The summed E-state index contributed by atoms with van der Waals surface area (Å²) < 4.78 is 5.69. The summed E-state index contributed by atoms with van der Waals surface area (Å²) in [7, 11) is 0. The molecular weight excluding hydrogens is 484 g/mol. The van der Waals surface area contributed by atoms with E-state index < -0.39 is 0 Å². The molecule has 2 aliphatic rings. The first-order valence-electron chi connectivity index (χ1n) is 13.1. The lowest BCUT2D eigenvalue weighted by atomic mass is 9.88. The van der Waals surface area contributed by atoms with Gasteiger partial charge in [-0.15, -0.1) is 13.2 Å². The number of hydrogen-bond acceptors (Lipinski definition) is 5. The summed E-state index contributed by atoms with van der Waals surface area (Å²) in [6.45, 7) is 13.9. The van der Waals surface area contributed by atoms with E-state index in [2.05, 4.69) is 61.8 Å². The smallest absolute Gasteiger partial charge is 0.256 e. The average molecular weight is 529 g/mol. The lowest BCUT2D eigenvalue weighted by Gasteiger charge is -2.20. The van der Waals surface area contributed by atoms with E-state index in [0.717, 1.165) is 54.9 Å². The van der Waals surface area contributed by atoms with Crippen molar-refractivity contribution in [3.05, 3.63) is 113 Å². The van der Waals surface area contributed by atoms with E-state index >= 15 is 0 Å². The number of aliphatic imine (C=N–C) groups is 1. The molecular formula is C33H44N4O2. The molecule has 2 aromatic rings. The SMILES string of the molecule is C.C/C(=C/N)C1=CC(c2ccccc2C)=CC(=NCCCNCCN2COCc3ccccc3C2=O)C1.C=C. The minimum atomic E-state index is 0. The number of ether oxygens (including phenoxy) is 1. The van der Waals surface area contributed by atoms with Crippen molar-refractivity contribution in [3.63, 3.8) is 0 Å². The fourth-order valence-electron chi connectivity index (χ4n) is 4.50. The molecule has 0 unspecified atom stereocenters. The Morgan fingerprint density at radius 1 is 1.10 bits per heavy atom. The number of fused-ring (bicyclic) bond motifs is 1. The summed E-state index contributed by atoms with van der Waals surface area (Å²) in [6.07, 6.45) is 7.82. The summed E-state index contributed by atoms with van der Waals surface area (Å²) in [5.41, 5.74) is 14.5. The zero-order chi connectivity index (χ0) is 27.3. The maximum Gasteiger partial charge on any atom is 0.256 e. The highest BCUT2D eigenvalue weighted by Gasteiger charge is 2.21. The van der Waals surface area contributed by atoms with Gasteiger partial charge in [-0.05, 0) is 78.6 Å². The Morgan fingerprint density at radius 3 is 2.56 bits per heavy atom. The zero-order valence-corrected chi connectivity index (χ0v) is 22.7. The third kappa shape index (κ3) is 8.63. The zero-order valence-electron chi connectivity index (χ0n) is 22.7. The molecule has 0 atom stereocenters. The van der Waals surface area contributed by atoms with E-state index in [1.54, 1.807) is 11.1 Å². The van der Waals surface area contributed by atoms with Crippen LogP contribution >= 0.6 is 0 Å². The van der Waals surface area contributed by atoms with Crippen molar-refractivity contribution >= 4 is 17.2 Å². The number of rotatable bonds is 9. The van der Waals surface area contributed by atoms with Gasteiger partial charge in [0.05, 0.1) is 6.61 Å². The van der Waals surface area contributed by atoms with Crippen LogP contribution in [0.25, 0.3) is 5.57 Å². The van der Waals surface area contributed by atoms with E-state index in [0.29, 0.717) is 19.9 Å². The third-order valence-corrected chi connectivity index (χ3v) is 6.66. The van der Waals surface area contributed by atoms with Gasteiger partial charge in [-0.25, -0.2) is 0 Å². The van der Waals surface area contributed by atoms with Crippen LogP contribution in [0.3, 0.4) is 0 Å². The summed E-state index contributed by atoms with van der Waals surface area (Å²) >= 11 is 0. The Balaban J connectivity index is 0.00000174. The fourth-order valence-corrected chi connectivity index (χ4v) is 4.50. The molecule has 0 radical (unpaired) electrons. The number of nitrogens with one attached hydrogen (secondary N) is 1. The average Bonchev–Trinajstić information content (AvgIpc) is 3.11. The number of aryl methyl sites for hydroxylation is 1. The van der Waals surface area contributed by atoms with Gasteiger partial charge in [-0.3, -0.25) is 9.79 Å². The van der Waals surface area contributed by atoms with Crippen LogP contribution in [0.2, 0.25) is 0 Å². The number of hydrogen-bond donors (Lipinski definition) is 2. The first-order valence-corrected chi connectivity index (χ1v) is 13.1. The van der Waals surface area contributed by atoms with Crippen LogP contribution in [0.5, 0.6) is 0 Å². The van der Waals surface area contributed by atoms with Crippen LogP contribution < -0.4 is 11.1 Å². The molecule has 6 nitrogen and oxygen atoms in total. The molecule has 0 saturated carbocycles. The first kappa shape index (κ1) is 31.5. The normalized spacial score (nSPS) is 16.3. The molecule has 0 fully saturated rings. The Bertz CT molecular complexity index is 1230. The van der Waals surface area contributed by atoms with Crippen LogP contribution in [0.1, 0.15) is 54.2 Å². The summed E-state index contributed by atoms with van der Waals surface area (Å²) in [5.74, 6) is 0.0375. The molecule has 6 heteroatoms. The number of nitrogens with zero attached hydrogens (tertiary/aromatic N) is 2. The van der Waals surface area contributed by atoms with Crippen molar-refractivity contribution in [1.82, 2.24) is 10.2 Å². The molecule has 2 aromatic carbocycles. The number of allylic oxidation sites excluding steroid dienone is 5. The lowest BCUT2D eigenvalue weighted by molar-refractivity contribution is 0.0247. The second-order valence-electron chi connectivity index (χ2n) is 9.29. The van der Waals surface area contributed by atoms with Gasteiger partial charge in [0.15, 0.2) is 0 Å². The van der Waals surface area contributed by atoms with Crippen molar-refractivity contribution in [3.8, 4) is 0 Å². The third-order valence-electron chi connectivity index (χ3n) is 6.66. The topological polar surface area (TPSA) is 79.9 Å². The van der Waals surface area contributed by atoms with E-state index in [1.165, 1.54) is 22.3 Å². The first-order chi connectivity index (χ1) is 18.6. The highest BCUT2D eigenvalue weighted by molar-refractivity contribution is 6.07. The van der Waals surface area contributed by atoms with Crippen LogP contribution in [0.4, 0.5) is 0 Å². The van der Waals surface area contributed by atoms with Crippen molar-refractivity contribution in [2.75, 3.05) is 32.9 Å². The number of carbonyl (C=O) groups excluding carboxylic acids is 1. The second kappa shape index (κ2) is 16.3. The van der Waals surface area contributed by atoms with Gasteiger partial charge in [-0.2, -0.15) is 0 Å². The maximum absolute atomic E-state index is 12.8. The highest BCUT2D eigenvalue weighted by Crippen LogP contribution is 2.29. The predicted molar refractivity (Wildman–Crippen MR) is 165 cm³/mol. The van der Waals surface area contributed by atoms with E-state index in [9.17, 15) is 4.79 Å². The summed E-state index contributed by atoms with van der Waals surface area (Å²) in [4.78, 5) is 19.5. The highest BCUT2D eigenvalue weighted by atomic mass is 16.5. The number of amides is 1. The van der Waals surface area contributed by atoms with Gasteiger partial charge >= 0.3 is 0 Å². The van der Waals surface area contributed by atoms with E-state index in [-0.39, 0.29) is 13.3 Å². The van der Waals surface area contributed by atoms with E-state index in [1.807, 2.05) is 31.2 Å². The number of nitrogens with two attached hydrogens (primary N) is 1. The Morgan fingerprint density at radius 2 is 1.82 bits per heavy atom. The summed E-state index contributed by atoms with van der Waals surface area (Å²) in [6, 6.07) is 16.1. The van der Waals surface area contributed by atoms with Crippen molar-refractivity contribution in [1.29, 1.82) is 0 Å². The summed E-state index contributed by atoms with van der Waals surface area (Å²) in [5, 5.41) is 3.44. The number of carbonyl (C=O) groups is 1. The standard InChI is InChI=1S/C30H36N4O2.C2H4.CH4/c1-22-8-3-5-10-28(22)26-16-25(23(2)19-31)17-27(18-26)33-13-7-12-32-14-15-34-21-36-20-24-9-4-6-11-29(24)30(34)35;1-2;/h3-6,8-11,16,18-19,32H,7,12-15,17,20-21,31H2,1-2H3;1-2H2;1H4/b23-19-,33-27?;;.